The van der Waals surface area contributed by atoms with Crippen LogP contribution in [0.3, 0.4) is 0 Å². The summed E-state index contributed by atoms with van der Waals surface area (Å²) in [5.41, 5.74) is 1.00. The SMILES string of the molecule is O=C(NCc1nc2ccccc2s1)NC1CCCCCC1. The Morgan fingerprint density at radius 3 is 2.71 bits per heavy atom. The second-order valence-corrected chi connectivity index (χ2v) is 6.71. The molecular weight excluding hydrogens is 282 g/mol. The number of benzene rings is 1. The number of para-hydroxylation sites is 1. The predicted molar refractivity (Wildman–Crippen MR) is 86.5 cm³/mol. The normalized spacial score (nSPS) is 16.6. The Balaban J connectivity index is 1.50. The zero-order chi connectivity index (χ0) is 14.5. The van der Waals surface area contributed by atoms with E-state index in [0.29, 0.717) is 12.6 Å². The smallest absolute Gasteiger partial charge is 0.315 e. The van der Waals surface area contributed by atoms with Crippen molar-refractivity contribution in [3.63, 3.8) is 0 Å². The number of carbonyl (C=O) groups excluding carboxylic acids is 1. The molecule has 112 valence electrons. The highest BCUT2D eigenvalue weighted by Crippen LogP contribution is 2.21. The number of urea groups is 1. The third-order valence-corrected chi connectivity index (χ3v) is 4.97. The number of thiazole rings is 1. The highest BCUT2D eigenvalue weighted by Gasteiger charge is 2.14. The summed E-state index contributed by atoms with van der Waals surface area (Å²) >= 11 is 1.64. The maximum absolute atomic E-state index is 12.0. The fourth-order valence-corrected chi connectivity index (χ4v) is 3.72. The van der Waals surface area contributed by atoms with Crippen molar-refractivity contribution in [2.24, 2.45) is 0 Å². The fourth-order valence-electron chi connectivity index (χ4n) is 2.81. The molecule has 4 nitrogen and oxygen atoms in total. The Morgan fingerprint density at radius 1 is 1.19 bits per heavy atom. The number of fused-ring (bicyclic) bond motifs is 1. The molecule has 1 aliphatic carbocycles. The molecule has 5 heteroatoms. The molecule has 1 aromatic heterocycles. The van der Waals surface area contributed by atoms with Gasteiger partial charge < -0.3 is 10.6 Å². The predicted octanol–water partition coefficient (Wildman–Crippen LogP) is 3.82. The summed E-state index contributed by atoms with van der Waals surface area (Å²) < 4.78 is 1.17. The summed E-state index contributed by atoms with van der Waals surface area (Å²) in [6, 6.07) is 8.32. The van der Waals surface area contributed by atoms with E-state index in [0.717, 1.165) is 23.4 Å². The van der Waals surface area contributed by atoms with Crippen LogP contribution in [0.2, 0.25) is 0 Å². The van der Waals surface area contributed by atoms with Gasteiger partial charge in [-0.3, -0.25) is 0 Å². The fraction of sp³-hybridized carbons (Fsp3) is 0.500. The quantitative estimate of drug-likeness (QED) is 0.847. The van der Waals surface area contributed by atoms with E-state index in [4.69, 9.17) is 0 Å². The number of rotatable bonds is 3. The number of aromatic nitrogens is 1. The number of amides is 2. The van der Waals surface area contributed by atoms with Gasteiger partial charge in [0.05, 0.1) is 16.8 Å². The number of hydrogen-bond donors (Lipinski definition) is 2. The molecule has 0 unspecified atom stereocenters. The van der Waals surface area contributed by atoms with E-state index in [-0.39, 0.29) is 6.03 Å². The van der Waals surface area contributed by atoms with Gasteiger partial charge in [-0.2, -0.15) is 0 Å². The Morgan fingerprint density at radius 2 is 1.95 bits per heavy atom. The van der Waals surface area contributed by atoms with Gasteiger partial charge in [0.15, 0.2) is 0 Å². The molecule has 1 aliphatic rings. The molecule has 21 heavy (non-hydrogen) atoms. The van der Waals surface area contributed by atoms with Crippen molar-refractivity contribution < 1.29 is 4.79 Å². The Kier molecular flexibility index (Phi) is 4.70. The summed E-state index contributed by atoms with van der Waals surface area (Å²) in [7, 11) is 0. The van der Waals surface area contributed by atoms with E-state index >= 15 is 0 Å². The summed E-state index contributed by atoms with van der Waals surface area (Å²) in [4.78, 5) is 16.5. The van der Waals surface area contributed by atoms with Crippen LogP contribution in [-0.2, 0) is 6.54 Å². The Bertz CT molecular complexity index is 569. The van der Waals surface area contributed by atoms with Crippen LogP contribution in [0.5, 0.6) is 0 Å². The van der Waals surface area contributed by atoms with Crippen LogP contribution in [0.15, 0.2) is 24.3 Å². The van der Waals surface area contributed by atoms with Crippen LogP contribution in [0.4, 0.5) is 4.79 Å². The van der Waals surface area contributed by atoms with E-state index in [1.807, 2.05) is 18.2 Å². The number of nitrogens with one attached hydrogen (secondary N) is 2. The van der Waals surface area contributed by atoms with Gasteiger partial charge >= 0.3 is 6.03 Å². The van der Waals surface area contributed by atoms with Crippen LogP contribution >= 0.6 is 11.3 Å². The summed E-state index contributed by atoms with van der Waals surface area (Å²) in [5.74, 6) is 0. The third kappa shape index (κ3) is 3.94. The first-order valence-electron chi connectivity index (χ1n) is 7.70. The monoisotopic (exact) mass is 303 g/mol. The standard InChI is InChI=1S/C16H21N3OS/c20-16(18-12-7-3-1-2-4-8-12)17-11-15-19-13-9-5-6-10-14(13)21-15/h5-6,9-10,12H,1-4,7-8,11H2,(H2,17,18,20). The number of carbonyl (C=O) groups is 1. The van der Waals surface area contributed by atoms with Gasteiger partial charge in [0, 0.05) is 6.04 Å². The van der Waals surface area contributed by atoms with Crippen LogP contribution in [0.1, 0.15) is 43.5 Å². The molecule has 0 bridgehead atoms. The molecule has 0 atom stereocenters. The van der Waals surface area contributed by atoms with Gasteiger partial charge in [0.1, 0.15) is 5.01 Å². The minimum atomic E-state index is -0.0684. The van der Waals surface area contributed by atoms with Gasteiger partial charge in [0.25, 0.3) is 0 Å². The molecule has 2 N–H and O–H groups in total. The molecule has 2 amide bonds. The van der Waals surface area contributed by atoms with Crippen molar-refractivity contribution >= 4 is 27.6 Å². The van der Waals surface area contributed by atoms with Gasteiger partial charge in [-0.1, -0.05) is 37.8 Å². The van der Waals surface area contributed by atoms with Crippen molar-refractivity contribution in [1.29, 1.82) is 0 Å². The second-order valence-electron chi connectivity index (χ2n) is 5.59. The summed E-state index contributed by atoms with van der Waals surface area (Å²) in [6.07, 6.45) is 7.26. The minimum Gasteiger partial charge on any atom is -0.335 e. The molecule has 0 aliphatic heterocycles. The minimum absolute atomic E-state index is 0.0684. The van der Waals surface area contributed by atoms with Crippen LogP contribution in [0.25, 0.3) is 10.2 Å². The largest absolute Gasteiger partial charge is 0.335 e. The van der Waals surface area contributed by atoms with Crippen molar-refractivity contribution in [3.05, 3.63) is 29.3 Å². The molecule has 0 saturated heterocycles. The van der Waals surface area contributed by atoms with E-state index in [9.17, 15) is 4.79 Å². The first-order chi connectivity index (χ1) is 10.3. The number of nitrogens with zero attached hydrogens (tertiary/aromatic N) is 1. The Hall–Kier alpha value is -1.62. The van der Waals surface area contributed by atoms with Gasteiger partial charge in [0.2, 0.25) is 0 Å². The molecule has 3 rings (SSSR count). The molecule has 0 radical (unpaired) electrons. The van der Waals surface area contributed by atoms with E-state index < -0.39 is 0 Å². The van der Waals surface area contributed by atoms with Crippen LogP contribution in [-0.4, -0.2) is 17.1 Å². The van der Waals surface area contributed by atoms with E-state index in [1.165, 1.54) is 30.4 Å². The van der Waals surface area contributed by atoms with Crippen LogP contribution in [0, 0.1) is 0 Å². The van der Waals surface area contributed by atoms with Gasteiger partial charge in [-0.25, -0.2) is 9.78 Å². The molecule has 1 heterocycles. The zero-order valence-corrected chi connectivity index (χ0v) is 12.9. The topological polar surface area (TPSA) is 54.0 Å². The lowest BCUT2D eigenvalue weighted by Crippen LogP contribution is -2.41. The maximum atomic E-state index is 12.0. The third-order valence-electron chi connectivity index (χ3n) is 3.93. The number of hydrogen-bond acceptors (Lipinski definition) is 3. The van der Waals surface area contributed by atoms with E-state index in [2.05, 4.69) is 21.7 Å². The van der Waals surface area contributed by atoms with Crippen molar-refractivity contribution in [1.82, 2.24) is 15.6 Å². The lowest BCUT2D eigenvalue weighted by molar-refractivity contribution is 0.235. The van der Waals surface area contributed by atoms with Crippen LogP contribution < -0.4 is 10.6 Å². The van der Waals surface area contributed by atoms with E-state index in [1.54, 1.807) is 11.3 Å². The van der Waals surface area contributed by atoms with Crippen molar-refractivity contribution in [2.45, 2.75) is 51.1 Å². The first-order valence-corrected chi connectivity index (χ1v) is 8.52. The average Bonchev–Trinajstić information content (AvgIpc) is 2.74. The lowest BCUT2D eigenvalue weighted by atomic mass is 10.1. The molecule has 1 saturated carbocycles. The van der Waals surface area contributed by atoms with Crippen molar-refractivity contribution in [3.8, 4) is 0 Å². The second kappa shape index (κ2) is 6.89. The average molecular weight is 303 g/mol. The highest BCUT2D eigenvalue weighted by atomic mass is 32.1. The molecular formula is C16H21N3OS. The Labute approximate surface area is 129 Å². The highest BCUT2D eigenvalue weighted by molar-refractivity contribution is 7.18. The van der Waals surface area contributed by atoms with Gasteiger partial charge in [-0.15, -0.1) is 11.3 Å². The molecule has 1 fully saturated rings. The lowest BCUT2D eigenvalue weighted by Gasteiger charge is -2.16. The maximum Gasteiger partial charge on any atom is 0.315 e. The zero-order valence-electron chi connectivity index (χ0n) is 12.1. The molecule has 0 spiro atoms. The molecule has 2 aromatic rings. The van der Waals surface area contributed by atoms with Crippen molar-refractivity contribution in [2.75, 3.05) is 0 Å². The molecule has 1 aromatic carbocycles. The summed E-state index contributed by atoms with van der Waals surface area (Å²) in [5, 5.41) is 6.97. The summed E-state index contributed by atoms with van der Waals surface area (Å²) in [6.45, 7) is 0.498. The first kappa shape index (κ1) is 14.3. The van der Waals surface area contributed by atoms with Gasteiger partial charge in [-0.05, 0) is 25.0 Å².